The third-order valence-corrected chi connectivity index (χ3v) is 4.18. The van der Waals surface area contributed by atoms with Crippen LogP contribution in [0, 0.1) is 0 Å². The molecule has 0 saturated carbocycles. The molecule has 35 heavy (non-hydrogen) atoms. The van der Waals surface area contributed by atoms with Gasteiger partial charge in [0.1, 0.15) is 23.9 Å². The molecule has 190 valence electrons. The van der Waals surface area contributed by atoms with E-state index in [9.17, 15) is 4.79 Å². The molecule has 4 N–H and O–H groups in total. The Morgan fingerprint density at radius 3 is 2.23 bits per heavy atom. The first-order chi connectivity index (χ1) is 15.8. The van der Waals surface area contributed by atoms with E-state index in [1.165, 1.54) is 0 Å². The molecule has 0 unspecified atom stereocenters. The number of benzene rings is 2. The summed E-state index contributed by atoms with van der Waals surface area (Å²) in [5.41, 5.74) is 12.4. The molecule has 9 nitrogen and oxygen atoms in total. The summed E-state index contributed by atoms with van der Waals surface area (Å²) >= 11 is 5.72. The summed E-state index contributed by atoms with van der Waals surface area (Å²) in [6.07, 6.45) is 0. The van der Waals surface area contributed by atoms with Crippen molar-refractivity contribution in [3.63, 3.8) is 0 Å². The molecule has 0 saturated heterocycles. The average molecular weight is 544 g/mol. The lowest BCUT2D eigenvalue weighted by Gasteiger charge is -2.10. The number of ether oxygens (including phenoxy) is 2. The van der Waals surface area contributed by atoms with Crippen molar-refractivity contribution in [1.82, 2.24) is 9.88 Å². The minimum atomic E-state index is -0.373. The molecule has 3 aromatic rings. The van der Waals surface area contributed by atoms with Gasteiger partial charge < -0.3 is 25.8 Å². The number of azo groups is 1. The Morgan fingerprint density at radius 2 is 1.63 bits per heavy atom. The fourth-order valence-electron chi connectivity index (χ4n) is 2.23. The van der Waals surface area contributed by atoms with E-state index in [0.717, 1.165) is 5.69 Å². The monoisotopic (exact) mass is 542 g/mol. The van der Waals surface area contributed by atoms with Crippen LogP contribution in [0.5, 0.6) is 5.75 Å². The molecule has 3 rings (SSSR count). The third kappa shape index (κ3) is 13.4. The maximum atomic E-state index is 11.3. The highest BCUT2D eigenvalue weighted by Gasteiger charge is 2.04. The maximum Gasteiger partial charge on any atom is 0.344 e. The number of halogens is 3. The highest BCUT2D eigenvalue weighted by atomic mass is 35.5. The van der Waals surface area contributed by atoms with Crippen molar-refractivity contribution < 1.29 is 14.3 Å². The average Bonchev–Trinajstić information content (AvgIpc) is 2.79. The molecule has 0 aliphatic rings. The summed E-state index contributed by atoms with van der Waals surface area (Å²) in [5, 5.41) is 8.66. The largest absolute Gasteiger partial charge is 0.482 e. The van der Waals surface area contributed by atoms with E-state index in [2.05, 4.69) is 15.2 Å². The zero-order valence-corrected chi connectivity index (χ0v) is 21.7. The predicted octanol–water partition coefficient (Wildman–Crippen LogP) is 5.33. The van der Waals surface area contributed by atoms with E-state index in [1.807, 2.05) is 49.3 Å². The molecule has 0 amide bonds. The van der Waals surface area contributed by atoms with Crippen LogP contribution in [-0.4, -0.2) is 49.7 Å². The molecule has 1 heterocycles. The van der Waals surface area contributed by atoms with Crippen LogP contribution in [0.3, 0.4) is 0 Å². The summed E-state index contributed by atoms with van der Waals surface area (Å²) < 4.78 is 10.2. The van der Waals surface area contributed by atoms with Crippen molar-refractivity contribution in [2.75, 3.05) is 45.3 Å². The van der Waals surface area contributed by atoms with Crippen molar-refractivity contribution in [1.29, 1.82) is 0 Å². The van der Waals surface area contributed by atoms with Crippen LogP contribution in [0.1, 0.15) is 0 Å². The van der Waals surface area contributed by atoms with Crippen molar-refractivity contribution in [3.05, 3.63) is 71.8 Å². The number of anilines is 2. The van der Waals surface area contributed by atoms with E-state index in [4.69, 9.17) is 32.5 Å². The fourth-order valence-corrected chi connectivity index (χ4v) is 2.36. The van der Waals surface area contributed by atoms with Gasteiger partial charge in [0.05, 0.1) is 5.69 Å². The Bertz CT molecular complexity index is 1040. The number of carbonyl (C=O) groups excluding carboxylic acids is 1. The van der Waals surface area contributed by atoms with Crippen LogP contribution < -0.4 is 16.2 Å². The molecule has 0 fully saturated rings. The first-order valence-corrected chi connectivity index (χ1v) is 10.4. The molecule has 0 aliphatic heterocycles. The number of hydrogen-bond acceptors (Lipinski definition) is 9. The van der Waals surface area contributed by atoms with Gasteiger partial charge in [-0.2, -0.15) is 5.11 Å². The highest BCUT2D eigenvalue weighted by Crippen LogP contribution is 2.23. The Hall–Kier alpha value is -3.11. The van der Waals surface area contributed by atoms with E-state index >= 15 is 0 Å². The number of pyridine rings is 1. The topological polar surface area (TPSA) is 128 Å². The molecular formula is C23H29Cl3N6O3. The smallest absolute Gasteiger partial charge is 0.344 e. The zero-order chi connectivity index (χ0) is 24.1. The molecule has 0 spiro atoms. The molecule has 12 heteroatoms. The number of esters is 1. The summed E-state index contributed by atoms with van der Waals surface area (Å²) in [6, 6.07) is 19.5. The number of aromatic nitrogens is 1. The Labute approximate surface area is 222 Å². The second-order valence-corrected chi connectivity index (χ2v) is 7.38. The minimum absolute atomic E-state index is 0. The zero-order valence-electron chi connectivity index (χ0n) is 19.3. The number of hydrogen-bond donors (Lipinski definition) is 2. The summed E-state index contributed by atoms with van der Waals surface area (Å²) in [4.78, 5) is 17.1. The number of likely N-dealkylation sites (N-methyl/N-ethyl adjacent to an activating group) is 1. The standard InChI is InChI=1S/C12H16ClNO3.C11H11N5.2ClH/c1-14(2)7-8-16-12(15)9-17-11-5-3-10(13)4-6-11;12-10-7-6-9(11(13)14-10)16-15-8-4-2-1-3-5-8;;/h3-6H,7-9H2,1-2H3;1-7H,(H4,12,13,14);2*1H. The van der Waals surface area contributed by atoms with Crippen molar-refractivity contribution in [2.45, 2.75) is 0 Å². The van der Waals surface area contributed by atoms with Gasteiger partial charge in [-0.05, 0) is 62.6 Å². The third-order valence-electron chi connectivity index (χ3n) is 3.93. The lowest BCUT2D eigenvalue weighted by Crippen LogP contribution is -2.22. The second-order valence-electron chi connectivity index (χ2n) is 6.94. The molecule has 0 bridgehead atoms. The summed E-state index contributed by atoms with van der Waals surface area (Å²) in [7, 11) is 3.83. The Kier molecular flexibility index (Phi) is 15.8. The molecule has 2 aromatic carbocycles. The Balaban J connectivity index is 0.000000625. The van der Waals surface area contributed by atoms with Crippen LogP contribution in [0.15, 0.2) is 77.0 Å². The number of nitrogens with two attached hydrogens (primary N) is 2. The minimum Gasteiger partial charge on any atom is -0.482 e. The van der Waals surface area contributed by atoms with E-state index < -0.39 is 0 Å². The van der Waals surface area contributed by atoms with Gasteiger partial charge in [-0.3, -0.25) is 0 Å². The van der Waals surface area contributed by atoms with E-state index in [-0.39, 0.29) is 43.2 Å². The summed E-state index contributed by atoms with van der Waals surface area (Å²) in [5.74, 6) is 0.872. The predicted molar refractivity (Wildman–Crippen MR) is 145 cm³/mol. The van der Waals surface area contributed by atoms with Gasteiger partial charge in [0.25, 0.3) is 0 Å². The van der Waals surface area contributed by atoms with Gasteiger partial charge in [0.2, 0.25) is 0 Å². The normalized spacial score (nSPS) is 9.94. The lowest BCUT2D eigenvalue weighted by molar-refractivity contribution is -0.146. The molecule has 1 aromatic heterocycles. The van der Waals surface area contributed by atoms with Gasteiger partial charge in [-0.15, -0.1) is 29.9 Å². The van der Waals surface area contributed by atoms with Crippen molar-refractivity contribution in [2.24, 2.45) is 10.2 Å². The van der Waals surface area contributed by atoms with Gasteiger partial charge in [0, 0.05) is 11.6 Å². The van der Waals surface area contributed by atoms with Crippen molar-refractivity contribution >= 4 is 65.4 Å². The van der Waals surface area contributed by atoms with E-state index in [0.29, 0.717) is 35.4 Å². The van der Waals surface area contributed by atoms with Crippen LogP contribution in [0.2, 0.25) is 5.02 Å². The first kappa shape index (κ1) is 31.9. The Morgan fingerprint density at radius 1 is 0.971 bits per heavy atom. The highest BCUT2D eigenvalue weighted by molar-refractivity contribution is 6.30. The van der Waals surface area contributed by atoms with E-state index in [1.54, 1.807) is 36.4 Å². The molecule has 0 atom stereocenters. The first-order valence-electron chi connectivity index (χ1n) is 10.0. The van der Waals surface area contributed by atoms with Crippen LogP contribution in [0.25, 0.3) is 0 Å². The second kappa shape index (κ2) is 17.3. The van der Waals surface area contributed by atoms with Gasteiger partial charge in [-0.1, -0.05) is 29.8 Å². The lowest BCUT2D eigenvalue weighted by atomic mass is 10.3. The number of nitrogens with zero attached hydrogens (tertiary/aromatic N) is 4. The van der Waals surface area contributed by atoms with Crippen LogP contribution in [-0.2, 0) is 9.53 Å². The van der Waals surface area contributed by atoms with Crippen molar-refractivity contribution in [3.8, 4) is 5.75 Å². The molecular weight excluding hydrogens is 515 g/mol. The maximum absolute atomic E-state index is 11.3. The van der Waals surface area contributed by atoms with Crippen LogP contribution >= 0.6 is 36.4 Å². The molecule has 0 radical (unpaired) electrons. The molecule has 0 aliphatic carbocycles. The van der Waals surface area contributed by atoms with Gasteiger partial charge in [0.15, 0.2) is 12.4 Å². The number of nitrogen functional groups attached to an aromatic ring is 2. The SMILES string of the molecule is CN(C)CCOC(=O)COc1ccc(Cl)cc1.Cl.Cl.Nc1ccc(N=Nc2ccccc2)c(N)n1. The van der Waals surface area contributed by atoms with Crippen LogP contribution in [0.4, 0.5) is 23.0 Å². The summed E-state index contributed by atoms with van der Waals surface area (Å²) in [6.45, 7) is 0.984. The number of rotatable bonds is 8. The number of carbonyl (C=O) groups is 1. The quantitative estimate of drug-likeness (QED) is 0.290. The fraction of sp³-hybridized carbons (Fsp3) is 0.217. The van der Waals surface area contributed by atoms with Gasteiger partial charge in [-0.25, -0.2) is 9.78 Å². The van der Waals surface area contributed by atoms with Gasteiger partial charge >= 0.3 is 5.97 Å².